The van der Waals surface area contributed by atoms with E-state index in [2.05, 4.69) is 10.9 Å². The highest BCUT2D eigenvalue weighted by Crippen LogP contribution is 2.65. The van der Waals surface area contributed by atoms with Crippen LogP contribution in [0.3, 0.4) is 0 Å². The Morgan fingerprint density at radius 3 is 2.33 bits per heavy atom. The summed E-state index contributed by atoms with van der Waals surface area (Å²) < 4.78 is 5.53. The maximum absolute atomic E-state index is 12.7. The number of ether oxygens (including phenoxy) is 1. The molecule has 2 fully saturated rings. The molecule has 2 N–H and O–H groups in total. The Labute approximate surface area is 124 Å². The smallest absolute Gasteiger partial charge is 0.313 e. The third-order valence-corrected chi connectivity index (χ3v) is 5.54. The summed E-state index contributed by atoms with van der Waals surface area (Å²) in [5.41, 5.74) is 4.15. The predicted octanol–water partition coefficient (Wildman–Crippen LogP) is 2.25. The summed E-state index contributed by atoms with van der Waals surface area (Å²) in [5.74, 6) is -0.556. The molecule has 2 bridgehead atoms. The SMILES string of the molecule is CC1(C)[C@@]2(C)CC[C@]1(C(=O)NNc1ccccc1)OC2=O. The van der Waals surface area contributed by atoms with Crippen molar-refractivity contribution < 1.29 is 14.3 Å². The van der Waals surface area contributed by atoms with Gasteiger partial charge in [0.15, 0.2) is 5.60 Å². The molecule has 0 radical (unpaired) electrons. The molecule has 5 nitrogen and oxygen atoms in total. The fourth-order valence-corrected chi connectivity index (χ4v) is 3.50. The summed E-state index contributed by atoms with van der Waals surface area (Å²) in [6.07, 6.45) is 1.24. The van der Waals surface area contributed by atoms with Crippen LogP contribution < -0.4 is 10.9 Å². The van der Waals surface area contributed by atoms with Gasteiger partial charge in [-0.25, -0.2) is 0 Å². The molecule has 21 heavy (non-hydrogen) atoms. The Kier molecular flexibility index (Phi) is 2.80. The zero-order chi connectivity index (χ0) is 15.3. The van der Waals surface area contributed by atoms with E-state index in [4.69, 9.17) is 4.74 Å². The highest BCUT2D eigenvalue weighted by atomic mass is 16.6. The number of esters is 1. The second-order valence-electron chi connectivity index (χ2n) is 6.62. The number of nitrogens with one attached hydrogen (secondary N) is 2. The van der Waals surface area contributed by atoms with E-state index in [0.29, 0.717) is 12.8 Å². The second-order valence-corrected chi connectivity index (χ2v) is 6.62. The third kappa shape index (κ3) is 1.63. The lowest BCUT2D eigenvalue weighted by Crippen LogP contribution is -2.54. The van der Waals surface area contributed by atoms with Gasteiger partial charge in [-0.05, 0) is 31.9 Å². The van der Waals surface area contributed by atoms with E-state index in [0.717, 1.165) is 5.69 Å². The summed E-state index contributed by atoms with van der Waals surface area (Å²) in [7, 11) is 0. The van der Waals surface area contributed by atoms with Gasteiger partial charge in [-0.1, -0.05) is 32.0 Å². The van der Waals surface area contributed by atoms with E-state index in [1.807, 2.05) is 51.1 Å². The van der Waals surface area contributed by atoms with Crippen LogP contribution in [0.2, 0.25) is 0 Å². The lowest BCUT2D eigenvalue weighted by molar-refractivity contribution is -0.168. The van der Waals surface area contributed by atoms with Gasteiger partial charge in [0.05, 0.1) is 11.1 Å². The van der Waals surface area contributed by atoms with Crippen LogP contribution in [0.5, 0.6) is 0 Å². The standard InChI is InChI=1S/C16H20N2O3/c1-14(2)15(3)9-10-16(14,21-13(15)20)12(19)18-17-11-7-5-4-6-8-11/h4-8,17H,9-10H2,1-3H3,(H,18,19)/t15-,16+/m0/s1. The van der Waals surface area contributed by atoms with Crippen molar-refractivity contribution in [2.75, 3.05) is 5.43 Å². The molecule has 2 atom stereocenters. The van der Waals surface area contributed by atoms with Crippen molar-refractivity contribution in [1.29, 1.82) is 0 Å². The number of benzene rings is 1. The molecule has 2 aliphatic rings. The maximum Gasteiger partial charge on any atom is 0.313 e. The van der Waals surface area contributed by atoms with Crippen LogP contribution in [0.15, 0.2) is 30.3 Å². The largest absolute Gasteiger partial charge is 0.448 e. The molecule has 5 heteroatoms. The molecule has 1 saturated carbocycles. The molecule has 1 aromatic carbocycles. The number of hydrogen-bond acceptors (Lipinski definition) is 4. The van der Waals surface area contributed by atoms with Crippen molar-refractivity contribution in [3.63, 3.8) is 0 Å². The monoisotopic (exact) mass is 288 g/mol. The van der Waals surface area contributed by atoms with E-state index in [-0.39, 0.29) is 11.9 Å². The van der Waals surface area contributed by atoms with Crippen LogP contribution in [0.25, 0.3) is 0 Å². The summed E-state index contributed by atoms with van der Waals surface area (Å²) in [4.78, 5) is 24.8. The average molecular weight is 288 g/mol. The fourth-order valence-electron chi connectivity index (χ4n) is 3.50. The van der Waals surface area contributed by atoms with Gasteiger partial charge >= 0.3 is 5.97 Å². The average Bonchev–Trinajstić information content (AvgIpc) is 2.76. The zero-order valence-electron chi connectivity index (χ0n) is 12.5. The van der Waals surface area contributed by atoms with Crippen LogP contribution >= 0.6 is 0 Å². The van der Waals surface area contributed by atoms with Crippen LogP contribution in [-0.4, -0.2) is 17.5 Å². The minimum absolute atomic E-state index is 0.270. The van der Waals surface area contributed by atoms with Gasteiger partial charge in [0.25, 0.3) is 5.91 Å². The molecular weight excluding hydrogens is 268 g/mol. The van der Waals surface area contributed by atoms with Crippen molar-refractivity contribution in [3.05, 3.63) is 30.3 Å². The molecule has 1 aliphatic carbocycles. The number of carbonyl (C=O) groups is 2. The van der Waals surface area contributed by atoms with Crippen LogP contribution in [-0.2, 0) is 14.3 Å². The van der Waals surface area contributed by atoms with Crippen LogP contribution in [0.4, 0.5) is 5.69 Å². The summed E-state index contributed by atoms with van der Waals surface area (Å²) in [5, 5.41) is 0. The summed E-state index contributed by atoms with van der Waals surface area (Å²) >= 11 is 0. The third-order valence-electron chi connectivity index (χ3n) is 5.54. The van der Waals surface area contributed by atoms with Crippen LogP contribution in [0.1, 0.15) is 33.6 Å². The van der Waals surface area contributed by atoms with Crippen molar-refractivity contribution in [2.45, 2.75) is 39.2 Å². The number of amides is 1. The van der Waals surface area contributed by atoms with E-state index in [1.165, 1.54) is 0 Å². The molecule has 1 aliphatic heterocycles. The maximum atomic E-state index is 12.7. The van der Waals surface area contributed by atoms with Gasteiger partial charge in [-0.3, -0.25) is 20.4 Å². The highest BCUT2D eigenvalue weighted by molar-refractivity contribution is 5.96. The Morgan fingerprint density at radius 2 is 1.81 bits per heavy atom. The van der Waals surface area contributed by atoms with Gasteiger partial charge in [0.2, 0.25) is 0 Å². The van der Waals surface area contributed by atoms with Gasteiger partial charge in [-0.2, -0.15) is 0 Å². The zero-order valence-corrected chi connectivity index (χ0v) is 12.5. The molecule has 0 aromatic heterocycles. The number of fused-ring (bicyclic) bond motifs is 2. The molecule has 0 unspecified atom stereocenters. The second kappa shape index (κ2) is 4.23. The first-order valence-corrected chi connectivity index (χ1v) is 7.18. The number of carbonyl (C=O) groups excluding carboxylic acids is 2. The number of anilines is 1. The summed E-state index contributed by atoms with van der Waals surface area (Å²) in [6.45, 7) is 5.77. The minimum atomic E-state index is -1.08. The van der Waals surface area contributed by atoms with Crippen molar-refractivity contribution >= 4 is 17.6 Å². The topological polar surface area (TPSA) is 67.4 Å². The molecule has 1 heterocycles. The lowest BCUT2D eigenvalue weighted by atomic mass is 9.66. The Bertz CT molecular complexity index is 599. The molecule has 3 rings (SSSR count). The minimum Gasteiger partial charge on any atom is -0.448 e. The molecule has 1 aromatic rings. The van der Waals surface area contributed by atoms with E-state index in [9.17, 15) is 9.59 Å². The van der Waals surface area contributed by atoms with E-state index < -0.39 is 16.4 Å². The fraction of sp³-hybridized carbons (Fsp3) is 0.500. The quantitative estimate of drug-likeness (QED) is 0.661. The van der Waals surface area contributed by atoms with E-state index >= 15 is 0 Å². The number of para-hydroxylation sites is 1. The normalized spacial score (nSPS) is 32.6. The number of hydrogen-bond donors (Lipinski definition) is 2. The molecule has 1 saturated heterocycles. The first kappa shape index (κ1) is 13.9. The van der Waals surface area contributed by atoms with E-state index in [1.54, 1.807) is 0 Å². The number of hydrazine groups is 1. The molecular formula is C16H20N2O3. The van der Waals surface area contributed by atoms with Gasteiger partial charge in [0.1, 0.15) is 0 Å². The molecule has 1 amide bonds. The Hall–Kier alpha value is -2.04. The number of rotatable bonds is 3. The Balaban J connectivity index is 1.80. The summed E-state index contributed by atoms with van der Waals surface area (Å²) in [6, 6.07) is 9.35. The van der Waals surface area contributed by atoms with Crippen molar-refractivity contribution in [2.24, 2.45) is 10.8 Å². The molecule has 0 spiro atoms. The Morgan fingerprint density at radius 1 is 1.14 bits per heavy atom. The first-order chi connectivity index (χ1) is 9.83. The van der Waals surface area contributed by atoms with Crippen LogP contribution in [0, 0.1) is 10.8 Å². The van der Waals surface area contributed by atoms with Gasteiger partial charge in [0, 0.05) is 5.41 Å². The lowest BCUT2D eigenvalue weighted by Gasteiger charge is -2.35. The van der Waals surface area contributed by atoms with Gasteiger partial charge in [-0.15, -0.1) is 0 Å². The predicted molar refractivity (Wildman–Crippen MR) is 78.2 cm³/mol. The molecule has 112 valence electrons. The highest BCUT2D eigenvalue weighted by Gasteiger charge is 2.75. The van der Waals surface area contributed by atoms with Gasteiger partial charge < -0.3 is 4.74 Å². The van der Waals surface area contributed by atoms with Crippen molar-refractivity contribution in [1.82, 2.24) is 5.43 Å². The van der Waals surface area contributed by atoms with Crippen molar-refractivity contribution in [3.8, 4) is 0 Å². The first-order valence-electron chi connectivity index (χ1n) is 7.18.